The van der Waals surface area contributed by atoms with E-state index in [0.717, 1.165) is 38.8 Å². The number of hydrogen-bond donors (Lipinski definition) is 1. The van der Waals surface area contributed by atoms with Crippen molar-refractivity contribution in [1.82, 2.24) is 10.2 Å². The summed E-state index contributed by atoms with van der Waals surface area (Å²) in [6.45, 7) is 3.74. The van der Waals surface area contributed by atoms with E-state index in [9.17, 15) is 10.1 Å². The average Bonchev–Trinajstić information content (AvgIpc) is 3.15. The maximum atomic E-state index is 12.1. The van der Waals surface area contributed by atoms with Crippen LogP contribution in [-0.2, 0) is 4.79 Å². The zero-order valence-electron chi connectivity index (χ0n) is 10.7. The smallest absolute Gasteiger partial charge is 0.224 e. The Hall–Kier alpha value is -1.08. The third-order valence-electron chi connectivity index (χ3n) is 4.16. The zero-order valence-corrected chi connectivity index (χ0v) is 10.7. The van der Waals surface area contributed by atoms with Crippen LogP contribution in [0.1, 0.15) is 32.6 Å². The first-order valence-electron chi connectivity index (χ1n) is 6.48. The number of amides is 1. The van der Waals surface area contributed by atoms with Crippen molar-refractivity contribution in [2.75, 3.05) is 20.1 Å². The van der Waals surface area contributed by atoms with Crippen molar-refractivity contribution in [3.63, 3.8) is 0 Å². The fourth-order valence-corrected chi connectivity index (χ4v) is 2.42. The first kappa shape index (κ1) is 12.4. The van der Waals surface area contributed by atoms with Gasteiger partial charge in [0, 0.05) is 19.0 Å². The Morgan fingerprint density at radius 1 is 1.47 bits per heavy atom. The summed E-state index contributed by atoms with van der Waals surface area (Å²) < 4.78 is 0. The molecule has 0 aromatic rings. The summed E-state index contributed by atoms with van der Waals surface area (Å²) in [4.78, 5) is 14.3. The van der Waals surface area contributed by atoms with Gasteiger partial charge in [-0.2, -0.15) is 5.26 Å². The van der Waals surface area contributed by atoms with Crippen molar-refractivity contribution in [3.05, 3.63) is 0 Å². The minimum Gasteiger partial charge on any atom is -0.337 e. The molecule has 4 heteroatoms. The molecule has 1 saturated carbocycles. The third kappa shape index (κ3) is 2.78. The molecular formula is C13H21N3O. The highest BCUT2D eigenvalue weighted by Gasteiger charge is 2.39. The first-order valence-corrected chi connectivity index (χ1v) is 6.48. The Labute approximate surface area is 103 Å². The van der Waals surface area contributed by atoms with Crippen LogP contribution >= 0.6 is 0 Å². The fraction of sp³-hybridized carbons (Fsp3) is 0.846. The molecule has 1 saturated heterocycles. The van der Waals surface area contributed by atoms with Gasteiger partial charge in [-0.3, -0.25) is 4.79 Å². The number of likely N-dealkylation sites (tertiary alicyclic amines) is 1. The predicted octanol–water partition coefficient (Wildman–Crippen LogP) is 1.14. The summed E-state index contributed by atoms with van der Waals surface area (Å²) in [6, 6.07) is 2.32. The van der Waals surface area contributed by atoms with Crippen LogP contribution in [0.2, 0.25) is 0 Å². The second-order valence-electron chi connectivity index (χ2n) is 5.61. The Balaban J connectivity index is 1.95. The first-order chi connectivity index (χ1) is 8.06. The molecule has 0 spiro atoms. The van der Waals surface area contributed by atoms with E-state index in [2.05, 4.69) is 23.3 Å². The van der Waals surface area contributed by atoms with E-state index in [-0.39, 0.29) is 11.8 Å². The number of carbonyl (C=O) groups is 1. The third-order valence-corrected chi connectivity index (χ3v) is 4.16. The van der Waals surface area contributed by atoms with Gasteiger partial charge in [-0.15, -0.1) is 0 Å². The van der Waals surface area contributed by atoms with Gasteiger partial charge in [0.25, 0.3) is 0 Å². The lowest BCUT2D eigenvalue weighted by molar-refractivity contribution is -0.126. The zero-order chi connectivity index (χ0) is 12.5. The van der Waals surface area contributed by atoms with Crippen LogP contribution in [0.5, 0.6) is 0 Å². The molecule has 1 atom stereocenters. The number of rotatable bonds is 3. The van der Waals surface area contributed by atoms with Gasteiger partial charge in [-0.05, 0) is 38.6 Å². The van der Waals surface area contributed by atoms with Gasteiger partial charge < -0.3 is 10.2 Å². The van der Waals surface area contributed by atoms with Gasteiger partial charge in [0.2, 0.25) is 5.91 Å². The minimum atomic E-state index is -0.618. The van der Waals surface area contributed by atoms with E-state index >= 15 is 0 Å². The number of hydrogen-bond acceptors (Lipinski definition) is 3. The molecule has 4 nitrogen and oxygen atoms in total. The minimum absolute atomic E-state index is 0.0682. The lowest BCUT2D eigenvalue weighted by Crippen LogP contribution is -2.55. The fourth-order valence-electron chi connectivity index (χ4n) is 2.42. The molecule has 2 fully saturated rings. The molecule has 94 valence electrons. The van der Waals surface area contributed by atoms with E-state index in [1.54, 1.807) is 0 Å². The van der Waals surface area contributed by atoms with Crippen LogP contribution in [0.3, 0.4) is 0 Å². The summed E-state index contributed by atoms with van der Waals surface area (Å²) in [7, 11) is 2.05. The van der Waals surface area contributed by atoms with Gasteiger partial charge in [-0.25, -0.2) is 0 Å². The van der Waals surface area contributed by atoms with Gasteiger partial charge in [0.15, 0.2) is 0 Å². The van der Waals surface area contributed by atoms with Crippen LogP contribution < -0.4 is 5.32 Å². The highest BCUT2D eigenvalue weighted by atomic mass is 16.2. The van der Waals surface area contributed by atoms with Gasteiger partial charge in [0.05, 0.1) is 6.07 Å². The van der Waals surface area contributed by atoms with Gasteiger partial charge in [0.1, 0.15) is 5.54 Å². The summed E-state index contributed by atoms with van der Waals surface area (Å²) in [6.07, 6.45) is 3.81. The molecule has 0 radical (unpaired) electrons. The number of piperidine rings is 1. The van der Waals surface area contributed by atoms with Crippen molar-refractivity contribution < 1.29 is 4.79 Å². The van der Waals surface area contributed by atoms with Crippen LogP contribution in [0.25, 0.3) is 0 Å². The number of carbonyl (C=O) groups excluding carboxylic acids is 1. The molecule has 1 unspecified atom stereocenters. The molecule has 1 aliphatic carbocycles. The maximum absolute atomic E-state index is 12.1. The molecule has 0 aromatic carbocycles. The van der Waals surface area contributed by atoms with Crippen molar-refractivity contribution in [2.45, 2.75) is 38.1 Å². The molecule has 1 aliphatic heterocycles. The summed E-state index contributed by atoms with van der Waals surface area (Å²) in [5.74, 6) is 0.690. The Morgan fingerprint density at radius 2 is 2.06 bits per heavy atom. The molecule has 1 N–H and O–H groups in total. The van der Waals surface area contributed by atoms with Crippen LogP contribution in [-0.4, -0.2) is 36.5 Å². The molecule has 2 aliphatic rings. The molecule has 2 rings (SSSR count). The Kier molecular flexibility index (Phi) is 3.39. The number of nitrogens with one attached hydrogen (secondary N) is 1. The molecule has 1 heterocycles. The largest absolute Gasteiger partial charge is 0.337 e. The van der Waals surface area contributed by atoms with Gasteiger partial charge >= 0.3 is 0 Å². The normalized spacial score (nSPS) is 25.9. The van der Waals surface area contributed by atoms with Crippen LogP contribution in [0.4, 0.5) is 0 Å². The second kappa shape index (κ2) is 4.66. The maximum Gasteiger partial charge on any atom is 0.224 e. The highest BCUT2D eigenvalue weighted by molar-refractivity contribution is 5.80. The van der Waals surface area contributed by atoms with E-state index in [0.29, 0.717) is 5.92 Å². The SMILES string of the molecule is CC(C(=O)NC1(C#N)CCN(C)CC1)C1CC1. The van der Waals surface area contributed by atoms with E-state index in [1.807, 2.05) is 6.92 Å². The molecular weight excluding hydrogens is 214 g/mol. The Morgan fingerprint density at radius 3 is 2.53 bits per heavy atom. The van der Waals surface area contributed by atoms with E-state index in [1.165, 1.54) is 0 Å². The topological polar surface area (TPSA) is 56.1 Å². The standard InChI is InChI=1S/C13H21N3O/c1-10(11-3-4-11)12(17)15-13(9-14)5-7-16(2)8-6-13/h10-11H,3-8H2,1-2H3,(H,15,17). The van der Waals surface area contributed by atoms with E-state index < -0.39 is 5.54 Å². The lowest BCUT2D eigenvalue weighted by atomic mass is 9.88. The van der Waals surface area contributed by atoms with Crippen molar-refractivity contribution in [1.29, 1.82) is 5.26 Å². The Bertz CT molecular complexity index is 335. The molecule has 0 aromatic heterocycles. The quantitative estimate of drug-likeness (QED) is 0.798. The molecule has 1 amide bonds. The summed E-state index contributed by atoms with van der Waals surface area (Å²) >= 11 is 0. The lowest BCUT2D eigenvalue weighted by Gasteiger charge is -2.36. The van der Waals surface area contributed by atoms with E-state index in [4.69, 9.17) is 0 Å². The van der Waals surface area contributed by atoms with Crippen molar-refractivity contribution >= 4 is 5.91 Å². The summed E-state index contributed by atoms with van der Waals surface area (Å²) in [5.41, 5.74) is -0.618. The summed E-state index contributed by atoms with van der Waals surface area (Å²) in [5, 5.41) is 12.3. The van der Waals surface area contributed by atoms with Crippen molar-refractivity contribution in [2.24, 2.45) is 11.8 Å². The predicted molar refractivity (Wildman–Crippen MR) is 65.1 cm³/mol. The molecule has 0 bridgehead atoms. The van der Waals surface area contributed by atoms with Crippen LogP contribution in [0, 0.1) is 23.2 Å². The van der Waals surface area contributed by atoms with Gasteiger partial charge in [-0.1, -0.05) is 6.92 Å². The monoisotopic (exact) mass is 235 g/mol. The highest BCUT2D eigenvalue weighted by Crippen LogP contribution is 2.37. The molecule has 17 heavy (non-hydrogen) atoms. The second-order valence-corrected chi connectivity index (χ2v) is 5.61. The van der Waals surface area contributed by atoms with Crippen LogP contribution in [0.15, 0.2) is 0 Å². The number of nitrogens with zero attached hydrogens (tertiary/aromatic N) is 2. The number of nitriles is 1. The van der Waals surface area contributed by atoms with Crippen molar-refractivity contribution in [3.8, 4) is 6.07 Å². The average molecular weight is 235 g/mol.